The normalized spacial score (nSPS) is 29.5. The molecule has 4 bridgehead atoms. The number of hydrogen-bond acceptors (Lipinski definition) is 6. The van der Waals surface area contributed by atoms with Gasteiger partial charge in [0.1, 0.15) is 5.01 Å². The average Bonchev–Trinajstić information content (AvgIpc) is 3.23. The number of carbonyl (C=O) groups excluding carboxylic acids is 1. The maximum atomic E-state index is 13.0. The molecule has 4 saturated carbocycles. The van der Waals surface area contributed by atoms with Crippen molar-refractivity contribution in [1.82, 2.24) is 14.5 Å². The van der Waals surface area contributed by atoms with Crippen molar-refractivity contribution in [2.24, 2.45) is 17.8 Å². The number of nitrogens with zero attached hydrogens (tertiary/aromatic N) is 4. The second-order valence-electron chi connectivity index (χ2n) is 9.76. The van der Waals surface area contributed by atoms with Crippen molar-refractivity contribution < 1.29 is 13.2 Å². The summed E-state index contributed by atoms with van der Waals surface area (Å²) in [5.41, 5.74) is 0.586. The van der Waals surface area contributed by atoms with Gasteiger partial charge in [0.05, 0.1) is 4.90 Å². The van der Waals surface area contributed by atoms with Crippen LogP contribution in [-0.4, -0.2) is 50.0 Å². The molecule has 4 aliphatic carbocycles. The second kappa shape index (κ2) is 7.35. The lowest BCUT2D eigenvalue weighted by atomic mass is 9.50. The fourth-order valence-corrected chi connectivity index (χ4v) is 8.12. The number of rotatable bonds is 5. The number of benzene rings is 1. The summed E-state index contributed by atoms with van der Waals surface area (Å²) in [6.45, 7) is 0. The van der Waals surface area contributed by atoms with E-state index in [1.54, 1.807) is 30.5 Å². The van der Waals surface area contributed by atoms with E-state index in [2.05, 4.69) is 10.2 Å². The van der Waals surface area contributed by atoms with Gasteiger partial charge in [0.2, 0.25) is 15.2 Å². The van der Waals surface area contributed by atoms with Gasteiger partial charge in [-0.1, -0.05) is 11.3 Å². The van der Waals surface area contributed by atoms with Gasteiger partial charge in [-0.3, -0.25) is 9.69 Å². The smallest absolute Gasteiger partial charge is 0.259 e. The third-order valence-corrected chi connectivity index (χ3v) is 10.5. The Bertz CT molecular complexity index is 1070. The van der Waals surface area contributed by atoms with E-state index in [0.29, 0.717) is 10.7 Å². The molecule has 1 aromatic carbocycles. The molecule has 1 aromatic heterocycles. The fourth-order valence-electron chi connectivity index (χ4n) is 6.20. The van der Waals surface area contributed by atoms with Crippen LogP contribution < -0.4 is 4.90 Å². The molecule has 166 valence electrons. The highest BCUT2D eigenvalue weighted by Gasteiger charge is 2.53. The number of carbonyl (C=O) groups is 1. The Morgan fingerprint density at radius 1 is 0.968 bits per heavy atom. The number of anilines is 1. The molecule has 0 aliphatic heterocycles. The van der Waals surface area contributed by atoms with Crippen molar-refractivity contribution in [2.45, 2.75) is 48.8 Å². The second-order valence-corrected chi connectivity index (χ2v) is 12.9. The first-order valence-corrected chi connectivity index (χ1v) is 13.1. The van der Waals surface area contributed by atoms with E-state index in [9.17, 15) is 13.2 Å². The van der Waals surface area contributed by atoms with Crippen LogP contribution in [0.5, 0.6) is 0 Å². The predicted molar refractivity (Wildman–Crippen MR) is 120 cm³/mol. The minimum atomic E-state index is -3.52. The lowest BCUT2D eigenvalue weighted by Crippen LogP contribution is -2.48. The van der Waals surface area contributed by atoms with Crippen LogP contribution in [-0.2, 0) is 15.4 Å². The van der Waals surface area contributed by atoms with Gasteiger partial charge < -0.3 is 0 Å². The van der Waals surface area contributed by atoms with E-state index in [1.807, 2.05) is 0 Å². The van der Waals surface area contributed by atoms with Crippen molar-refractivity contribution in [2.75, 3.05) is 26.0 Å². The summed E-state index contributed by atoms with van der Waals surface area (Å²) in [6, 6.07) is 6.04. The molecule has 1 amide bonds. The summed E-state index contributed by atoms with van der Waals surface area (Å²) in [6.07, 6.45) is 7.78. The summed E-state index contributed by atoms with van der Waals surface area (Å²) in [4.78, 5) is 14.7. The van der Waals surface area contributed by atoms with Gasteiger partial charge in [0.15, 0.2) is 0 Å². The molecule has 4 aliphatic rings. The molecule has 0 radical (unpaired) electrons. The highest BCUT2D eigenvalue weighted by Crippen LogP contribution is 2.61. The maximum absolute atomic E-state index is 13.0. The largest absolute Gasteiger partial charge is 0.286 e. The molecule has 0 unspecified atom stereocenters. The Hall–Kier alpha value is -1.84. The molecule has 0 saturated heterocycles. The first-order valence-electron chi connectivity index (χ1n) is 10.8. The summed E-state index contributed by atoms with van der Waals surface area (Å²) < 4.78 is 25.7. The zero-order valence-electron chi connectivity index (χ0n) is 18.1. The molecule has 6 rings (SSSR count). The van der Waals surface area contributed by atoms with Gasteiger partial charge in [-0.25, -0.2) is 12.7 Å². The van der Waals surface area contributed by atoms with Gasteiger partial charge in [-0.15, -0.1) is 10.2 Å². The van der Waals surface area contributed by atoms with Crippen molar-refractivity contribution in [3.63, 3.8) is 0 Å². The first-order chi connectivity index (χ1) is 14.7. The minimum absolute atomic E-state index is 0.163. The number of aromatic nitrogens is 2. The average molecular weight is 461 g/mol. The van der Waals surface area contributed by atoms with E-state index >= 15 is 0 Å². The molecule has 1 heterocycles. The molecule has 9 heteroatoms. The molecule has 7 nitrogen and oxygen atoms in total. The van der Waals surface area contributed by atoms with Gasteiger partial charge in [0, 0.05) is 32.1 Å². The highest BCUT2D eigenvalue weighted by molar-refractivity contribution is 7.89. The molecule has 0 spiro atoms. The monoisotopic (exact) mass is 460 g/mol. The summed E-state index contributed by atoms with van der Waals surface area (Å²) in [7, 11) is 1.15. The third kappa shape index (κ3) is 3.50. The van der Waals surface area contributed by atoms with Crippen molar-refractivity contribution in [3.05, 3.63) is 34.8 Å². The van der Waals surface area contributed by atoms with Crippen LogP contribution in [0.2, 0.25) is 0 Å². The molecular formula is C22H28N4O3S2. The maximum Gasteiger partial charge on any atom is 0.259 e. The van der Waals surface area contributed by atoms with Crippen molar-refractivity contribution >= 4 is 32.4 Å². The Kier molecular flexibility index (Phi) is 4.99. The fraction of sp³-hybridized carbons (Fsp3) is 0.591. The van der Waals surface area contributed by atoms with Crippen LogP contribution in [0.1, 0.15) is 53.9 Å². The van der Waals surface area contributed by atoms with Crippen LogP contribution in [0.25, 0.3) is 0 Å². The Morgan fingerprint density at radius 2 is 1.52 bits per heavy atom. The van der Waals surface area contributed by atoms with E-state index < -0.39 is 10.0 Å². The summed E-state index contributed by atoms with van der Waals surface area (Å²) in [5.74, 6) is 2.27. The predicted octanol–water partition coefficient (Wildman–Crippen LogP) is 3.53. The topological polar surface area (TPSA) is 83.5 Å². The highest BCUT2D eigenvalue weighted by atomic mass is 32.2. The SMILES string of the molecule is CN(C(=O)c1ccc(S(=O)(=O)N(C)C)cc1)c1nnc(C23CC4CC(CC(C4)C2)C3)s1. The Labute approximate surface area is 187 Å². The zero-order chi connectivity index (χ0) is 22.0. The van der Waals surface area contributed by atoms with E-state index in [4.69, 9.17) is 0 Å². The standard InChI is InChI=1S/C22H28N4O3S2/c1-25(2)31(28,29)18-6-4-17(5-7-18)19(27)26(3)21-24-23-20(30-21)22-11-14-8-15(12-22)10-16(9-14)13-22/h4-7,14-16H,8-13H2,1-3H3. The first kappa shape index (κ1) is 21.0. The van der Waals surface area contributed by atoms with E-state index in [0.717, 1.165) is 27.1 Å². The minimum Gasteiger partial charge on any atom is -0.286 e. The van der Waals surface area contributed by atoms with E-state index in [-0.39, 0.29) is 16.2 Å². The van der Waals surface area contributed by atoms with Gasteiger partial charge >= 0.3 is 0 Å². The molecule has 0 atom stereocenters. The lowest BCUT2D eigenvalue weighted by Gasteiger charge is -2.55. The third-order valence-electron chi connectivity index (χ3n) is 7.38. The van der Waals surface area contributed by atoms with Gasteiger partial charge in [-0.2, -0.15) is 0 Å². The summed E-state index contributed by atoms with van der Waals surface area (Å²) >= 11 is 1.54. The van der Waals surface area contributed by atoms with Gasteiger partial charge in [-0.05, 0) is 80.5 Å². The van der Waals surface area contributed by atoms with Crippen LogP contribution in [0.4, 0.5) is 5.13 Å². The Morgan fingerprint density at radius 3 is 2.03 bits per heavy atom. The summed E-state index contributed by atoms with van der Waals surface area (Å²) in [5, 5.41) is 10.6. The molecule has 4 fully saturated rings. The van der Waals surface area contributed by atoms with Crippen molar-refractivity contribution in [1.29, 1.82) is 0 Å². The van der Waals surface area contributed by atoms with Crippen LogP contribution in [0.15, 0.2) is 29.2 Å². The van der Waals surface area contributed by atoms with Crippen LogP contribution >= 0.6 is 11.3 Å². The van der Waals surface area contributed by atoms with Crippen molar-refractivity contribution in [3.8, 4) is 0 Å². The van der Waals surface area contributed by atoms with Crippen LogP contribution in [0.3, 0.4) is 0 Å². The number of sulfonamides is 1. The molecule has 0 N–H and O–H groups in total. The lowest BCUT2D eigenvalue weighted by molar-refractivity contribution is -0.00555. The van der Waals surface area contributed by atoms with Gasteiger partial charge in [0.25, 0.3) is 5.91 Å². The number of amides is 1. The molecule has 31 heavy (non-hydrogen) atoms. The van der Waals surface area contributed by atoms with E-state index in [1.165, 1.54) is 69.7 Å². The molecule has 2 aromatic rings. The number of hydrogen-bond donors (Lipinski definition) is 0. The Balaban J connectivity index is 1.35. The van der Waals surface area contributed by atoms with Crippen LogP contribution in [0, 0.1) is 17.8 Å². The molecular weight excluding hydrogens is 432 g/mol. The quantitative estimate of drug-likeness (QED) is 0.682. The zero-order valence-corrected chi connectivity index (χ0v) is 19.7.